The van der Waals surface area contributed by atoms with Gasteiger partial charge in [-0.1, -0.05) is 11.6 Å². The van der Waals surface area contributed by atoms with Crippen LogP contribution in [-0.2, 0) is 0 Å². The highest BCUT2D eigenvalue weighted by Gasteiger charge is 2.19. The van der Waals surface area contributed by atoms with Gasteiger partial charge in [-0.2, -0.15) is 11.8 Å². The molecule has 1 aliphatic heterocycles. The summed E-state index contributed by atoms with van der Waals surface area (Å²) in [6, 6.07) is 1.71. The second-order valence-corrected chi connectivity index (χ2v) is 4.44. The quantitative estimate of drug-likeness (QED) is 0.652. The number of thioether (sulfide) groups is 1. The van der Waals surface area contributed by atoms with Crippen LogP contribution >= 0.6 is 23.4 Å². The average Bonchev–Trinajstić information content (AvgIpc) is 2.56. The van der Waals surface area contributed by atoms with Crippen LogP contribution in [0.5, 0.6) is 0 Å². The molecule has 1 aromatic heterocycles. The summed E-state index contributed by atoms with van der Waals surface area (Å²) in [6.07, 6.45) is 4.18. The van der Waals surface area contributed by atoms with Crippen LogP contribution in [0.15, 0.2) is 12.3 Å². The molecule has 1 atom stereocenters. The van der Waals surface area contributed by atoms with Gasteiger partial charge >= 0.3 is 0 Å². The van der Waals surface area contributed by atoms with E-state index < -0.39 is 0 Å². The van der Waals surface area contributed by atoms with Gasteiger partial charge in [0, 0.05) is 6.20 Å². The van der Waals surface area contributed by atoms with E-state index in [1.54, 1.807) is 12.3 Å². The number of aromatic nitrogens is 2. The molecule has 4 heteroatoms. The van der Waals surface area contributed by atoms with Crippen LogP contribution in [-0.4, -0.2) is 15.7 Å². The van der Waals surface area contributed by atoms with E-state index in [4.69, 9.17) is 11.6 Å². The standard InChI is InChI=1S/C8H9ClN2S/c9-7-3-4-10-8(11-7)6-2-1-5-12-6/h3-4,6H,1-2,5H2. The number of hydrogen-bond donors (Lipinski definition) is 0. The molecule has 1 saturated heterocycles. The first-order valence-corrected chi connectivity index (χ1v) is 5.39. The van der Waals surface area contributed by atoms with Crippen molar-refractivity contribution < 1.29 is 0 Å². The van der Waals surface area contributed by atoms with Gasteiger partial charge in [0.25, 0.3) is 0 Å². The third kappa shape index (κ3) is 1.72. The Hall–Kier alpha value is -0.280. The third-order valence-electron chi connectivity index (χ3n) is 1.86. The minimum absolute atomic E-state index is 0.476. The highest BCUT2D eigenvalue weighted by molar-refractivity contribution is 7.99. The van der Waals surface area contributed by atoms with Crippen LogP contribution in [0.1, 0.15) is 23.9 Å². The molecule has 1 aliphatic rings. The van der Waals surface area contributed by atoms with Crippen molar-refractivity contribution in [1.29, 1.82) is 0 Å². The van der Waals surface area contributed by atoms with Crippen molar-refractivity contribution in [2.24, 2.45) is 0 Å². The van der Waals surface area contributed by atoms with E-state index in [2.05, 4.69) is 9.97 Å². The first kappa shape index (κ1) is 8.32. The van der Waals surface area contributed by atoms with Crippen molar-refractivity contribution in [3.8, 4) is 0 Å². The monoisotopic (exact) mass is 200 g/mol. The van der Waals surface area contributed by atoms with E-state index in [-0.39, 0.29) is 0 Å². The fourth-order valence-corrected chi connectivity index (χ4v) is 2.64. The van der Waals surface area contributed by atoms with Crippen molar-refractivity contribution in [3.05, 3.63) is 23.2 Å². The largest absolute Gasteiger partial charge is 0.240 e. The maximum atomic E-state index is 5.76. The zero-order chi connectivity index (χ0) is 8.39. The molecule has 0 aromatic carbocycles. The van der Waals surface area contributed by atoms with E-state index in [9.17, 15) is 0 Å². The van der Waals surface area contributed by atoms with Crippen LogP contribution < -0.4 is 0 Å². The number of rotatable bonds is 1. The number of nitrogens with zero attached hydrogens (tertiary/aromatic N) is 2. The Morgan fingerprint density at radius 1 is 1.58 bits per heavy atom. The van der Waals surface area contributed by atoms with Gasteiger partial charge in [0.15, 0.2) is 0 Å². The topological polar surface area (TPSA) is 25.8 Å². The molecular formula is C8H9ClN2S. The summed E-state index contributed by atoms with van der Waals surface area (Å²) in [5, 5.41) is 1.02. The Morgan fingerprint density at radius 3 is 3.17 bits per heavy atom. The predicted octanol–water partition coefficient (Wildman–Crippen LogP) is 2.70. The number of halogens is 1. The Kier molecular flexibility index (Phi) is 2.51. The Morgan fingerprint density at radius 2 is 2.50 bits per heavy atom. The SMILES string of the molecule is Clc1ccnc(C2CCCS2)n1. The van der Waals surface area contributed by atoms with Gasteiger partial charge in [0.1, 0.15) is 11.0 Å². The normalized spacial score (nSPS) is 22.9. The van der Waals surface area contributed by atoms with Gasteiger partial charge in [0.2, 0.25) is 0 Å². The van der Waals surface area contributed by atoms with Crippen LogP contribution in [0.2, 0.25) is 5.15 Å². The van der Waals surface area contributed by atoms with Crippen LogP contribution in [0.25, 0.3) is 0 Å². The van der Waals surface area contributed by atoms with Gasteiger partial charge in [-0.15, -0.1) is 0 Å². The predicted molar refractivity (Wildman–Crippen MR) is 51.5 cm³/mol. The maximum Gasteiger partial charge on any atom is 0.142 e. The van der Waals surface area contributed by atoms with Crippen molar-refractivity contribution in [2.75, 3.05) is 5.75 Å². The van der Waals surface area contributed by atoms with E-state index in [1.807, 2.05) is 11.8 Å². The molecule has 0 spiro atoms. The summed E-state index contributed by atoms with van der Waals surface area (Å²) in [7, 11) is 0. The second-order valence-electron chi connectivity index (χ2n) is 2.74. The highest BCUT2D eigenvalue weighted by atomic mass is 35.5. The molecule has 0 radical (unpaired) electrons. The number of hydrogen-bond acceptors (Lipinski definition) is 3. The highest BCUT2D eigenvalue weighted by Crippen LogP contribution is 2.38. The summed E-state index contributed by atoms with van der Waals surface area (Å²) in [4.78, 5) is 8.39. The molecule has 0 bridgehead atoms. The summed E-state index contributed by atoms with van der Waals surface area (Å²) < 4.78 is 0. The second kappa shape index (κ2) is 3.62. The van der Waals surface area contributed by atoms with Gasteiger partial charge < -0.3 is 0 Å². The molecule has 2 rings (SSSR count). The van der Waals surface area contributed by atoms with E-state index in [1.165, 1.54) is 18.6 Å². The van der Waals surface area contributed by atoms with Crippen LogP contribution in [0.3, 0.4) is 0 Å². The lowest BCUT2D eigenvalue weighted by Gasteiger charge is -2.05. The maximum absolute atomic E-state index is 5.76. The third-order valence-corrected chi connectivity index (χ3v) is 3.44. The van der Waals surface area contributed by atoms with Crippen molar-refractivity contribution >= 4 is 23.4 Å². The van der Waals surface area contributed by atoms with Gasteiger partial charge in [-0.3, -0.25) is 0 Å². The van der Waals surface area contributed by atoms with E-state index in [0.29, 0.717) is 10.4 Å². The van der Waals surface area contributed by atoms with Gasteiger partial charge in [-0.25, -0.2) is 9.97 Å². The fraction of sp³-hybridized carbons (Fsp3) is 0.500. The summed E-state index contributed by atoms with van der Waals surface area (Å²) in [6.45, 7) is 0. The zero-order valence-corrected chi connectivity index (χ0v) is 8.11. The Balaban J connectivity index is 2.21. The molecule has 2 heterocycles. The molecule has 0 aliphatic carbocycles. The lowest BCUT2D eigenvalue weighted by molar-refractivity contribution is 0.777. The van der Waals surface area contributed by atoms with Crippen LogP contribution in [0.4, 0.5) is 0 Å². The van der Waals surface area contributed by atoms with E-state index >= 15 is 0 Å². The van der Waals surface area contributed by atoms with Crippen molar-refractivity contribution in [1.82, 2.24) is 9.97 Å². The lowest BCUT2D eigenvalue weighted by Crippen LogP contribution is -1.96. The molecule has 64 valence electrons. The molecule has 12 heavy (non-hydrogen) atoms. The molecule has 0 N–H and O–H groups in total. The molecule has 1 fully saturated rings. The summed E-state index contributed by atoms with van der Waals surface area (Å²) >= 11 is 7.68. The minimum Gasteiger partial charge on any atom is -0.240 e. The average molecular weight is 201 g/mol. The molecule has 0 amide bonds. The minimum atomic E-state index is 0.476. The molecular weight excluding hydrogens is 192 g/mol. The van der Waals surface area contributed by atoms with Crippen molar-refractivity contribution in [3.63, 3.8) is 0 Å². The molecule has 1 unspecified atom stereocenters. The Labute approximate surface area is 80.8 Å². The molecule has 2 nitrogen and oxygen atoms in total. The van der Waals surface area contributed by atoms with Gasteiger partial charge in [-0.05, 0) is 24.7 Å². The first-order valence-electron chi connectivity index (χ1n) is 3.96. The van der Waals surface area contributed by atoms with Gasteiger partial charge in [0.05, 0.1) is 5.25 Å². The Bertz CT molecular complexity index is 274. The molecule has 1 aromatic rings. The molecule has 0 saturated carbocycles. The smallest absolute Gasteiger partial charge is 0.142 e. The zero-order valence-electron chi connectivity index (χ0n) is 6.53. The fourth-order valence-electron chi connectivity index (χ4n) is 1.29. The lowest BCUT2D eigenvalue weighted by atomic mass is 10.2. The summed E-state index contributed by atoms with van der Waals surface area (Å²) in [5.74, 6) is 2.12. The van der Waals surface area contributed by atoms with Crippen LogP contribution in [0, 0.1) is 0 Å². The van der Waals surface area contributed by atoms with Crippen molar-refractivity contribution in [2.45, 2.75) is 18.1 Å². The summed E-state index contributed by atoms with van der Waals surface area (Å²) in [5.41, 5.74) is 0. The first-order chi connectivity index (χ1) is 5.86. The van der Waals surface area contributed by atoms with E-state index in [0.717, 1.165) is 5.82 Å².